The average molecular weight is 112 g/mol. The lowest BCUT2D eigenvalue weighted by molar-refractivity contribution is 0.949. The third-order valence-electron chi connectivity index (χ3n) is 0.827. The Hall–Kier alpha value is 1.12. The summed E-state index contributed by atoms with van der Waals surface area (Å²) in [7, 11) is 0. The van der Waals surface area contributed by atoms with Gasteiger partial charge in [0.05, 0.1) is 0 Å². The van der Waals surface area contributed by atoms with Gasteiger partial charge in [0.25, 0.3) is 0 Å². The summed E-state index contributed by atoms with van der Waals surface area (Å²) < 4.78 is 0. The van der Waals surface area contributed by atoms with Crippen molar-refractivity contribution in [3.05, 3.63) is 0 Å². The maximum Gasteiger partial charge on any atom is 0 e. The fraction of sp³-hybridized carbons (Fsp3) is 1.00. The van der Waals surface area contributed by atoms with Gasteiger partial charge in [-0.25, -0.2) is 0 Å². The monoisotopic (exact) mass is 112 g/mol. The fourth-order valence-corrected chi connectivity index (χ4v) is 1.53. The highest BCUT2D eigenvalue weighted by atomic mass is 32.2. The number of rotatable bonds is 0. The molecule has 0 aliphatic carbocycles. The quantitative estimate of drug-likeness (QED) is 0.424. The maximum absolute atomic E-state index is 2.07. The second kappa shape index (κ2) is 4.28. The molecule has 1 rings (SSSR count). The Morgan fingerprint density at radius 3 is 1.67 bits per heavy atom. The third-order valence-corrected chi connectivity index (χ3v) is 1.98. The lowest BCUT2D eigenvalue weighted by Gasteiger charge is -1.69. The van der Waals surface area contributed by atoms with Crippen LogP contribution in [-0.2, 0) is 0 Å². The second-order valence-electron chi connectivity index (χ2n) is 1.32. The van der Waals surface area contributed by atoms with E-state index in [2.05, 4.69) is 11.8 Å². The summed E-state index contributed by atoms with van der Waals surface area (Å²) in [6.45, 7) is 0. The van der Waals surface area contributed by atoms with Gasteiger partial charge >= 0.3 is 0 Å². The number of hydrogen-bond donors (Lipinski definition) is 0. The van der Waals surface area contributed by atoms with Crippen molar-refractivity contribution in [2.45, 2.75) is 12.8 Å². The van der Waals surface area contributed by atoms with Gasteiger partial charge < -0.3 is 0 Å². The normalized spacial score (nSPS) is 20.0. The first-order valence-corrected chi connectivity index (χ1v) is 3.23. The van der Waals surface area contributed by atoms with Gasteiger partial charge in [0.2, 0.25) is 0 Å². The second-order valence-corrected chi connectivity index (χ2v) is 2.54. The molecule has 0 bridgehead atoms. The Labute approximate surface area is 59.2 Å². The molecule has 6 heavy (non-hydrogen) atoms. The molecule has 1 saturated heterocycles. The molecule has 32 valence electrons. The highest BCUT2D eigenvalue weighted by molar-refractivity contribution is 7.99. The molecule has 0 aromatic rings. The van der Waals surface area contributed by atoms with Crippen LogP contribution in [0.4, 0.5) is 0 Å². The molecule has 1 aliphatic heterocycles. The Kier molecular flexibility index (Phi) is 5.08. The maximum atomic E-state index is 2.07. The molecule has 0 saturated carbocycles. The molecule has 0 unspecified atom stereocenters. The van der Waals surface area contributed by atoms with Crippen molar-refractivity contribution in [1.29, 1.82) is 0 Å². The van der Waals surface area contributed by atoms with Crippen molar-refractivity contribution >= 4 is 34.8 Å². The zero-order valence-corrected chi connectivity index (χ0v) is 6.17. The van der Waals surface area contributed by atoms with Crippen LogP contribution in [0.15, 0.2) is 0 Å². The van der Waals surface area contributed by atoms with Crippen LogP contribution in [0, 0.1) is 0 Å². The molecule has 0 amide bonds. The minimum absolute atomic E-state index is 0. The summed E-state index contributed by atoms with van der Waals surface area (Å²) >= 11 is 2.07. The van der Waals surface area contributed by atoms with E-state index in [9.17, 15) is 0 Å². The zero-order valence-electron chi connectivity index (χ0n) is 3.94. The molecular weight excluding hydrogens is 104 g/mol. The van der Waals surface area contributed by atoms with Crippen LogP contribution in [0.5, 0.6) is 0 Å². The van der Waals surface area contributed by atoms with Crippen molar-refractivity contribution in [2.24, 2.45) is 0 Å². The molecule has 1 heterocycles. The van der Waals surface area contributed by atoms with E-state index in [-0.39, 0.29) is 23.1 Å². The summed E-state index contributed by atoms with van der Waals surface area (Å²) in [5, 5.41) is 0. The van der Waals surface area contributed by atoms with Crippen molar-refractivity contribution in [3.8, 4) is 0 Å². The summed E-state index contributed by atoms with van der Waals surface area (Å²) in [6.07, 6.45) is 2.93. The van der Waals surface area contributed by atoms with Gasteiger partial charge in [0, 0.05) is 23.1 Å². The molecule has 0 spiro atoms. The highest BCUT2D eigenvalue weighted by Crippen LogP contribution is 2.14. The van der Waals surface area contributed by atoms with Gasteiger partial charge in [-0.15, -0.1) is 0 Å². The Morgan fingerprint density at radius 2 is 1.50 bits per heavy atom. The minimum atomic E-state index is 0. The largest absolute Gasteiger partial charge is 0.162 e. The van der Waals surface area contributed by atoms with Crippen molar-refractivity contribution in [1.82, 2.24) is 0 Å². The fourth-order valence-electron chi connectivity index (χ4n) is 0.510. The summed E-state index contributed by atoms with van der Waals surface area (Å²) in [4.78, 5) is 0. The topological polar surface area (TPSA) is 0 Å². The number of thioether (sulfide) groups is 1. The first-order chi connectivity index (χ1) is 2.50. The summed E-state index contributed by atoms with van der Waals surface area (Å²) in [6, 6.07) is 0. The Balaban J connectivity index is 0.000000250. The number of hydrogen-bond acceptors (Lipinski definition) is 1. The van der Waals surface area contributed by atoms with Gasteiger partial charge in [0.15, 0.2) is 0 Å². The van der Waals surface area contributed by atoms with E-state index < -0.39 is 0 Å². The standard InChI is InChI=1S/C4H8S.Mg/c1-2-4-5-3-1;/h1-4H2;. The molecule has 0 aromatic carbocycles. The molecular formula is C4H8MgS. The van der Waals surface area contributed by atoms with E-state index in [1.165, 1.54) is 24.3 Å². The molecule has 0 N–H and O–H groups in total. The van der Waals surface area contributed by atoms with Crippen LogP contribution in [0.1, 0.15) is 12.8 Å². The van der Waals surface area contributed by atoms with Crippen LogP contribution >= 0.6 is 11.8 Å². The van der Waals surface area contributed by atoms with Crippen LogP contribution in [-0.4, -0.2) is 34.6 Å². The smallest absolute Gasteiger partial charge is 0 e. The molecule has 2 radical (unpaired) electrons. The molecule has 0 aromatic heterocycles. The Bertz CT molecular complexity index is 19.1. The van der Waals surface area contributed by atoms with Gasteiger partial charge in [0.1, 0.15) is 0 Å². The van der Waals surface area contributed by atoms with Crippen molar-refractivity contribution < 1.29 is 0 Å². The zero-order chi connectivity index (χ0) is 3.54. The highest BCUT2D eigenvalue weighted by Gasteiger charge is 1.95. The van der Waals surface area contributed by atoms with Gasteiger partial charge in [-0.05, 0) is 24.3 Å². The van der Waals surface area contributed by atoms with E-state index in [1.54, 1.807) is 0 Å². The molecule has 1 fully saturated rings. The predicted octanol–water partition coefficient (Wildman–Crippen LogP) is 1.13. The van der Waals surface area contributed by atoms with Crippen molar-refractivity contribution in [3.63, 3.8) is 0 Å². The Morgan fingerprint density at radius 1 is 1.00 bits per heavy atom. The van der Waals surface area contributed by atoms with E-state index in [0.29, 0.717) is 0 Å². The first kappa shape index (κ1) is 7.12. The molecule has 1 aliphatic rings. The average Bonchev–Trinajstić information content (AvgIpc) is 1.76. The molecule has 0 atom stereocenters. The first-order valence-electron chi connectivity index (χ1n) is 2.08. The van der Waals surface area contributed by atoms with Crippen LogP contribution < -0.4 is 0 Å². The summed E-state index contributed by atoms with van der Waals surface area (Å²) in [5.41, 5.74) is 0. The predicted molar refractivity (Wildman–Crippen MR) is 32.3 cm³/mol. The van der Waals surface area contributed by atoms with Gasteiger partial charge in [-0.3, -0.25) is 0 Å². The summed E-state index contributed by atoms with van der Waals surface area (Å²) in [5.74, 6) is 2.83. The van der Waals surface area contributed by atoms with Crippen molar-refractivity contribution in [2.75, 3.05) is 11.5 Å². The van der Waals surface area contributed by atoms with Crippen LogP contribution in [0.3, 0.4) is 0 Å². The van der Waals surface area contributed by atoms with Crippen LogP contribution in [0.25, 0.3) is 0 Å². The van der Waals surface area contributed by atoms with Gasteiger partial charge in [-0.2, -0.15) is 11.8 Å². The van der Waals surface area contributed by atoms with Gasteiger partial charge in [-0.1, -0.05) is 0 Å². The van der Waals surface area contributed by atoms with Crippen LogP contribution in [0.2, 0.25) is 0 Å². The minimum Gasteiger partial charge on any atom is -0.162 e. The van der Waals surface area contributed by atoms with E-state index in [4.69, 9.17) is 0 Å². The lowest BCUT2D eigenvalue weighted by atomic mass is 10.4. The van der Waals surface area contributed by atoms with E-state index in [0.717, 1.165) is 0 Å². The molecule has 2 heteroatoms. The lowest BCUT2D eigenvalue weighted by Crippen LogP contribution is -1.58. The molecule has 0 nitrogen and oxygen atoms in total. The van der Waals surface area contributed by atoms with E-state index >= 15 is 0 Å². The SMILES string of the molecule is C1CCSC1.[Mg]. The van der Waals surface area contributed by atoms with E-state index in [1.807, 2.05) is 0 Å². The third kappa shape index (κ3) is 2.32.